The Morgan fingerprint density at radius 2 is 1.93 bits per heavy atom. The zero-order chi connectivity index (χ0) is 10.7. The molecule has 0 aromatic carbocycles. The summed E-state index contributed by atoms with van der Waals surface area (Å²) < 4.78 is 0. The first-order valence-corrected chi connectivity index (χ1v) is 5.23. The maximum absolute atomic E-state index is 9.21. The Bertz CT molecular complexity index is 290. The van der Waals surface area contributed by atoms with Crippen LogP contribution in [0.3, 0.4) is 0 Å². The summed E-state index contributed by atoms with van der Waals surface area (Å²) in [7, 11) is 0. The lowest BCUT2D eigenvalue weighted by molar-refractivity contribution is 0.425. The Labute approximate surface area is 86.8 Å². The van der Waals surface area contributed by atoms with Crippen LogP contribution in [0.1, 0.15) is 40.0 Å². The van der Waals surface area contributed by atoms with Gasteiger partial charge in [0.2, 0.25) is 0 Å². The lowest BCUT2D eigenvalue weighted by atomic mass is 10.0. The van der Waals surface area contributed by atoms with Crippen molar-refractivity contribution in [2.24, 2.45) is 5.92 Å². The first-order chi connectivity index (χ1) is 6.52. The minimum atomic E-state index is 0.194. The highest BCUT2D eigenvalue weighted by molar-refractivity contribution is 5.27. The Morgan fingerprint density at radius 1 is 1.36 bits per heavy atom. The van der Waals surface area contributed by atoms with Gasteiger partial charge in [-0.1, -0.05) is 23.8 Å². The smallest absolute Gasteiger partial charge is 0.111 e. The van der Waals surface area contributed by atoms with Crippen LogP contribution in [0.5, 0.6) is 0 Å². The molecule has 0 saturated heterocycles. The Kier molecular flexibility index (Phi) is 3.56. The molecule has 0 bridgehead atoms. The second kappa shape index (κ2) is 4.50. The van der Waals surface area contributed by atoms with E-state index in [0.29, 0.717) is 0 Å². The van der Waals surface area contributed by atoms with Crippen LogP contribution >= 0.6 is 0 Å². The molecule has 1 heteroatoms. The van der Waals surface area contributed by atoms with E-state index in [0.717, 1.165) is 17.9 Å². The predicted octanol–water partition coefficient (Wildman–Crippen LogP) is 4.14. The highest BCUT2D eigenvalue weighted by Crippen LogP contribution is 2.36. The minimum absolute atomic E-state index is 0.194. The van der Waals surface area contributed by atoms with Crippen LogP contribution in [0, 0.1) is 5.92 Å². The number of rotatable bonds is 4. The Morgan fingerprint density at radius 3 is 2.36 bits per heavy atom. The van der Waals surface area contributed by atoms with E-state index in [-0.39, 0.29) is 5.76 Å². The molecule has 0 unspecified atom stereocenters. The van der Waals surface area contributed by atoms with E-state index in [1.54, 1.807) is 0 Å². The molecule has 1 fully saturated rings. The average Bonchev–Trinajstić information content (AvgIpc) is 2.95. The molecule has 0 spiro atoms. The van der Waals surface area contributed by atoms with E-state index in [2.05, 4.69) is 19.6 Å². The molecule has 0 aromatic heterocycles. The van der Waals surface area contributed by atoms with E-state index in [1.807, 2.05) is 13.8 Å². The monoisotopic (exact) mass is 192 g/mol. The van der Waals surface area contributed by atoms with Crippen molar-refractivity contribution >= 4 is 0 Å². The third-order valence-corrected chi connectivity index (χ3v) is 3.02. The molecule has 1 aliphatic rings. The molecule has 0 atom stereocenters. The SMILES string of the molecule is C=C(O)/C(C)=C(\C)C/C=C(\C)C1CC1. The molecule has 1 rings (SSSR count). The van der Waals surface area contributed by atoms with Gasteiger partial charge in [0.25, 0.3) is 0 Å². The van der Waals surface area contributed by atoms with Crippen LogP contribution in [0.2, 0.25) is 0 Å². The van der Waals surface area contributed by atoms with E-state index in [9.17, 15) is 5.11 Å². The van der Waals surface area contributed by atoms with Crippen molar-refractivity contribution in [2.75, 3.05) is 0 Å². The maximum atomic E-state index is 9.21. The molecule has 0 aliphatic heterocycles. The molecule has 0 heterocycles. The van der Waals surface area contributed by atoms with Crippen molar-refractivity contribution in [1.82, 2.24) is 0 Å². The first-order valence-electron chi connectivity index (χ1n) is 5.23. The van der Waals surface area contributed by atoms with Crippen molar-refractivity contribution in [3.63, 3.8) is 0 Å². The maximum Gasteiger partial charge on any atom is 0.111 e. The van der Waals surface area contributed by atoms with Gasteiger partial charge in [-0.25, -0.2) is 0 Å². The summed E-state index contributed by atoms with van der Waals surface area (Å²) in [4.78, 5) is 0. The summed E-state index contributed by atoms with van der Waals surface area (Å²) in [6, 6.07) is 0. The third kappa shape index (κ3) is 3.06. The Balaban J connectivity index is 2.55. The van der Waals surface area contributed by atoms with Crippen LogP contribution in [0.4, 0.5) is 0 Å². The van der Waals surface area contributed by atoms with Gasteiger partial charge in [-0.05, 0) is 51.5 Å². The van der Waals surface area contributed by atoms with E-state index in [4.69, 9.17) is 0 Å². The van der Waals surface area contributed by atoms with Gasteiger partial charge in [-0.2, -0.15) is 0 Å². The fourth-order valence-electron chi connectivity index (χ4n) is 1.42. The quantitative estimate of drug-likeness (QED) is 0.403. The van der Waals surface area contributed by atoms with E-state index in [1.165, 1.54) is 24.0 Å². The summed E-state index contributed by atoms with van der Waals surface area (Å²) in [5.74, 6) is 1.04. The molecule has 0 amide bonds. The number of aliphatic hydroxyl groups is 1. The summed E-state index contributed by atoms with van der Waals surface area (Å²) in [6.45, 7) is 9.69. The van der Waals surface area contributed by atoms with Gasteiger partial charge in [0.15, 0.2) is 0 Å². The van der Waals surface area contributed by atoms with Gasteiger partial charge in [-0.15, -0.1) is 0 Å². The van der Waals surface area contributed by atoms with E-state index < -0.39 is 0 Å². The van der Waals surface area contributed by atoms with Crippen LogP contribution in [-0.2, 0) is 0 Å². The predicted molar refractivity (Wildman–Crippen MR) is 61.2 cm³/mol. The van der Waals surface area contributed by atoms with Gasteiger partial charge in [0, 0.05) is 0 Å². The van der Waals surface area contributed by atoms with Gasteiger partial charge < -0.3 is 5.11 Å². The third-order valence-electron chi connectivity index (χ3n) is 3.02. The van der Waals surface area contributed by atoms with Crippen LogP contribution < -0.4 is 0 Å². The fourth-order valence-corrected chi connectivity index (χ4v) is 1.42. The van der Waals surface area contributed by atoms with Crippen molar-refractivity contribution in [2.45, 2.75) is 40.0 Å². The molecule has 1 nitrogen and oxygen atoms in total. The molecular formula is C13H20O. The number of aliphatic hydroxyl groups excluding tert-OH is 1. The lowest BCUT2D eigenvalue weighted by Gasteiger charge is -2.04. The molecule has 0 radical (unpaired) electrons. The van der Waals surface area contributed by atoms with Crippen LogP contribution in [0.25, 0.3) is 0 Å². The second-order valence-corrected chi connectivity index (χ2v) is 4.28. The van der Waals surface area contributed by atoms with Crippen molar-refractivity contribution in [1.29, 1.82) is 0 Å². The molecule has 1 saturated carbocycles. The van der Waals surface area contributed by atoms with Gasteiger partial charge >= 0.3 is 0 Å². The zero-order valence-corrected chi connectivity index (χ0v) is 9.43. The van der Waals surface area contributed by atoms with Crippen LogP contribution in [-0.4, -0.2) is 5.11 Å². The zero-order valence-electron chi connectivity index (χ0n) is 9.43. The van der Waals surface area contributed by atoms with Gasteiger partial charge in [-0.3, -0.25) is 0 Å². The van der Waals surface area contributed by atoms with Crippen molar-refractivity contribution < 1.29 is 5.11 Å². The molecular weight excluding hydrogens is 172 g/mol. The lowest BCUT2D eigenvalue weighted by Crippen LogP contribution is -1.87. The van der Waals surface area contributed by atoms with Crippen molar-refractivity contribution in [3.05, 3.63) is 35.1 Å². The highest BCUT2D eigenvalue weighted by Gasteiger charge is 2.22. The largest absolute Gasteiger partial charge is 0.508 e. The molecule has 0 aromatic rings. The number of allylic oxidation sites excluding steroid dienone is 4. The minimum Gasteiger partial charge on any atom is -0.508 e. The fraction of sp³-hybridized carbons (Fsp3) is 0.538. The first kappa shape index (κ1) is 11.1. The molecule has 1 aliphatic carbocycles. The summed E-state index contributed by atoms with van der Waals surface area (Å²) in [6.07, 6.45) is 5.93. The molecule has 14 heavy (non-hydrogen) atoms. The average molecular weight is 192 g/mol. The molecule has 1 N–H and O–H groups in total. The van der Waals surface area contributed by atoms with Gasteiger partial charge in [0.1, 0.15) is 5.76 Å². The molecule has 78 valence electrons. The number of hydrogen-bond donors (Lipinski definition) is 1. The summed E-state index contributed by atoms with van der Waals surface area (Å²) in [5.41, 5.74) is 3.63. The van der Waals surface area contributed by atoms with E-state index >= 15 is 0 Å². The number of hydrogen-bond acceptors (Lipinski definition) is 1. The highest BCUT2D eigenvalue weighted by atomic mass is 16.3. The van der Waals surface area contributed by atoms with Crippen molar-refractivity contribution in [3.8, 4) is 0 Å². The normalized spacial score (nSPS) is 19.2. The van der Waals surface area contributed by atoms with Crippen LogP contribution in [0.15, 0.2) is 35.1 Å². The van der Waals surface area contributed by atoms with Gasteiger partial charge in [0.05, 0.1) is 0 Å². The summed E-state index contributed by atoms with van der Waals surface area (Å²) in [5, 5.41) is 9.21. The second-order valence-electron chi connectivity index (χ2n) is 4.28. The summed E-state index contributed by atoms with van der Waals surface area (Å²) >= 11 is 0. The topological polar surface area (TPSA) is 20.2 Å². The Hall–Kier alpha value is -0.980. The standard InChI is InChI=1S/C13H20O/c1-9(11(3)12(4)14)5-6-10(2)13-7-8-13/h6,13-14H,4-5,7-8H2,1-3H3/b10-6+,11-9+.